The average molecular weight is 309 g/mol. The molecule has 0 saturated heterocycles. The number of benzene rings is 1. The summed E-state index contributed by atoms with van der Waals surface area (Å²) >= 11 is 5.76. The number of nitriles is 1. The maximum Gasteiger partial charge on any atom is 0.221 e. The van der Waals surface area contributed by atoms with Gasteiger partial charge in [-0.25, -0.2) is 13.4 Å². The quantitative estimate of drug-likeness (QED) is 0.814. The smallest absolute Gasteiger partial charge is 0.221 e. The van der Waals surface area contributed by atoms with Gasteiger partial charge in [-0.2, -0.15) is 5.26 Å². The van der Waals surface area contributed by atoms with E-state index in [9.17, 15) is 8.42 Å². The number of pyridine rings is 1. The van der Waals surface area contributed by atoms with Crippen LogP contribution >= 0.6 is 11.6 Å². The normalized spacial score (nSPS) is 10.8. The van der Waals surface area contributed by atoms with Crippen molar-refractivity contribution in [2.24, 2.45) is 0 Å². The highest BCUT2D eigenvalue weighted by Gasteiger charge is 2.08. The molecule has 102 valence electrons. The molecule has 0 aliphatic heterocycles. The molecule has 20 heavy (non-hydrogen) atoms. The molecule has 0 saturated carbocycles. The molecule has 0 amide bonds. The molecule has 1 aromatic carbocycles. The van der Waals surface area contributed by atoms with Gasteiger partial charge < -0.3 is 4.74 Å². The first-order chi connectivity index (χ1) is 9.38. The summed E-state index contributed by atoms with van der Waals surface area (Å²) in [6.07, 6.45) is 1.13. The van der Waals surface area contributed by atoms with Crippen LogP contribution in [0.2, 0.25) is 5.15 Å². The molecule has 0 aliphatic rings. The van der Waals surface area contributed by atoms with Crippen molar-refractivity contribution in [2.45, 2.75) is 4.90 Å². The van der Waals surface area contributed by atoms with Gasteiger partial charge in [0.15, 0.2) is 9.84 Å². The summed E-state index contributed by atoms with van der Waals surface area (Å²) in [4.78, 5) is 4.12. The zero-order valence-corrected chi connectivity index (χ0v) is 11.9. The molecule has 0 bridgehead atoms. The van der Waals surface area contributed by atoms with Crippen molar-refractivity contribution in [3.05, 3.63) is 47.1 Å². The molecule has 0 fully saturated rings. The highest BCUT2D eigenvalue weighted by Crippen LogP contribution is 2.23. The van der Waals surface area contributed by atoms with Gasteiger partial charge in [-0.3, -0.25) is 0 Å². The van der Waals surface area contributed by atoms with Crippen LogP contribution in [0.25, 0.3) is 0 Å². The second kappa shape index (κ2) is 5.49. The molecule has 0 radical (unpaired) electrons. The molecule has 0 aliphatic carbocycles. The predicted octanol–water partition coefficient (Wildman–Crippen LogP) is 2.80. The SMILES string of the molecule is CS(=O)(=O)c1ccc(Oc2cc(C#N)cc(Cl)n2)cc1. The van der Waals surface area contributed by atoms with Gasteiger partial charge in [-0.05, 0) is 30.3 Å². The predicted molar refractivity (Wildman–Crippen MR) is 73.6 cm³/mol. The number of ether oxygens (including phenoxy) is 1. The molecule has 0 atom stereocenters. The fraction of sp³-hybridized carbons (Fsp3) is 0.0769. The van der Waals surface area contributed by atoms with Crippen molar-refractivity contribution in [1.29, 1.82) is 5.26 Å². The molecular weight excluding hydrogens is 300 g/mol. The molecule has 2 rings (SSSR count). The average Bonchev–Trinajstić information content (AvgIpc) is 2.37. The Morgan fingerprint density at radius 2 is 1.90 bits per heavy atom. The van der Waals surface area contributed by atoms with E-state index in [1.807, 2.05) is 6.07 Å². The topological polar surface area (TPSA) is 80.0 Å². The largest absolute Gasteiger partial charge is 0.439 e. The summed E-state index contributed by atoms with van der Waals surface area (Å²) in [5.74, 6) is 0.567. The molecular formula is C13H9ClN2O3S. The minimum Gasteiger partial charge on any atom is -0.439 e. The lowest BCUT2D eigenvalue weighted by Crippen LogP contribution is -1.96. The monoisotopic (exact) mass is 308 g/mol. The summed E-state index contributed by atoms with van der Waals surface area (Å²) in [5, 5.41) is 8.97. The third-order valence-corrected chi connectivity index (χ3v) is 3.70. The van der Waals surface area contributed by atoms with Crippen LogP contribution in [-0.4, -0.2) is 19.7 Å². The number of halogens is 1. The Morgan fingerprint density at radius 1 is 1.25 bits per heavy atom. The fourth-order valence-corrected chi connectivity index (χ4v) is 2.30. The Hall–Kier alpha value is -2.10. The number of hydrogen-bond acceptors (Lipinski definition) is 5. The first-order valence-corrected chi connectivity index (χ1v) is 7.71. The minimum atomic E-state index is -3.25. The van der Waals surface area contributed by atoms with E-state index in [-0.39, 0.29) is 15.9 Å². The van der Waals surface area contributed by atoms with Crippen LogP contribution in [0, 0.1) is 11.3 Å². The van der Waals surface area contributed by atoms with Gasteiger partial charge in [-0.15, -0.1) is 0 Å². The van der Waals surface area contributed by atoms with Crippen molar-refractivity contribution in [3.63, 3.8) is 0 Å². The van der Waals surface area contributed by atoms with Crippen molar-refractivity contribution < 1.29 is 13.2 Å². The van der Waals surface area contributed by atoms with E-state index >= 15 is 0 Å². The first kappa shape index (κ1) is 14.3. The summed E-state index contributed by atoms with van der Waals surface area (Å²) in [5.41, 5.74) is 0.327. The van der Waals surface area contributed by atoms with Gasteiger partial charge in [-0.1, -0.05) is 11.6 Å². The lowest BCUT2D eigenvalue weighted by molar-refractivity contribution is 0.462. The van der Waals surface area contributed by atoms with Crippen molar-refractivity contribution in [2.75, 3.05) is 6.26 Å². The summed E-state index contributed by atoms with van der Waals surface area (Å²) in [6, 6.07) is 10.7. The van der Waals surface area contributed by atoms with E-state index in [0.29, 0.717) is 11.3 Å². The van der Waals surface area contributed by atoms with Crippen molar-refractivity contribution >= 4 is 21.4 Å². The first-order valence-electron chi connectivity index (χ1n) is 5.44. The number of sulfone groups is 1. The molecule has 0 unspecified atom stereocenters. The molecule has 1 heterocycles. The minimum absolute atomic E-state index is 0.145. The molecule has 0 N–H and O–H groups in total. The molecule has 1 aromatic heterocycles. The van der Waals surface area contributed by atoms with Crippen molar-refractivity contribution in [3.8, 4) is 17.7 Å². The van der Waals surface area contributed by atoms with Gasteiger partial charge in [0.2, 0.25) is 5.88 Å². The highest BCUT2D eigenvalue weighted by atomic mass is 35.5. The van der Waals surface area contributed by atoms with Crippen LogP contribution in [0.5, 0.6) is 11.6 Å². The summed E-state index contributed by atoms with van der Waals surface area (Å²) in [6.45, 7) is 0. The second-order valence-corrected chi connectivity index (χ2v) is 6.38. The Morgan fingerprint density at radius 3 is 2.45 bits per heavy atom. The molecule has 7 heteroatoms. The van der Waals surface area contributed by atoms with E-state index in [1.54, 1.807) is 0 Å². The zero-order valence-electron chi connectivity index (χ0n) is 10.4. The highest BCUT2D eigenvalue weighted by molar-refractivity contribution is 7.90. The maximum absolute atomic E-state index is 11.3. The fourth-order valence-electron chi connectivity index (χ4n) is 1.47. The number of nitrogens with zero attached hydrogens (tertiary/aromatic N) is 2. The lowest BCUT2D eigenvalue weighted by atomic mass is 10.3. The van der Waals surface area contributed by atoms with E-state index in [4.69, 9.17) is 21.6 Å². The molecule has 0 spiro atoms. The summed E-state index contributed by atoms with van der Waals surface area (Å²) < 4.78 is 28.1. The maximum atomic E-state index is 11.3. The van der Waals surface area contributed by atoms with Crippen LogP contribution in [0.3, 0.4) is 0 Å². The third-order valence-electron chi connectivity index (χ3n) is 2.37. The van der Waals surface area contributed by atoms with Crippen molar-refractivity contribution in [1.82, 2.24) is 4.98 Å². The Labute approximate surface area is 121 Å². The van der Waals surface area contributed by atoms with Crippen LogP contribution < -0.4 is 4.74 Å². The number of aromatic nitrogens is 1. The van der Waals surface area contributed by atoms with Crippen LogP contribution in [0.4, 0.5) is 0 Å². The molecule has 5 nitrogen and oxygen atoms in total. The number of rotatable bonds is 3. The van der Waals surface area contributed by atoms with Gasteiger partial charge in [0.25, 0.3) is 0 Å². The second-order valence-electron chi connectivity index (χ2n) is 3.97. The van der Waals surface area contributed by atoms with Gasteiger partial charge >= 0.3 is 0 Å². The zero-order chi connectivity index (χ0) is 14.8. The lowest BCUT2D eigenvalue weighted by Gasteiger charge is -2.06. The van der Waals surface area contributed by atoms with Crippen LogP contribution in [-0.2, 0) is 9.84 Å². The van der Waals surface area contributed by atoms with Gasteiger partial charge in [0.05, 0.1) is 16.5 Å². The molecule has 2 aromatic rings. The van der Waals surface area contributed by atoms with E-state index in [0.717, 1.165) is 6.26 Å². The third kappa shape index (κ3) is 3.47. The Balaban J connectivity index is 2.27. The number of hydrogen-bond donors (Lipinski definition) is 0. The van der Waals surface area contributed by atoms with E-state index < -0.39 is 9.84 Å². The van der Waals surface area contributed by atoms with Gasteiger partial charge in [0.1, 0.15) is 10.9 Å². The summed E-state index contributed by atoms with van der Waals surface area (Å²) in [7, 11) is -3.25. The Kier molecular flexibility index (Phi) is 3.93. The van der Waals surface area contributed by atoms with E-state index in [1.165, 1.54) is 36.4 Å². The standard InChI is InChI=1S/C13H9ClN2O3S/c1-20(17,18)11-4-2-10(3-5-11)19-13-7-9(8-15)6-12(14)16-13/h2-7H,1H3. The Bertz CT molecular complexity index is 780. The van der Waals surface area contributed by atoms with E-state index in [2.05, 4.69) is 4.98 Å². The van der Waals surface area contributed by atoms with Crippen LogP contribution in [0.1, 0.15) is 5.56 Å². The van der Waals surface area contributed by atoms with Gasteiger partial charge in [0, 0.05) is 12.3 Å². The van der Waals surface area contributed by atoms with Crippen LogP contribution in [0.15, 0.2) is 41.3 Å².